The molecule has 98 valence electrons. The van der Waals surface area contributed by atoms with Crippen LogP contribution in [0.1, 0.15) is 42.5 Å². The zero-order valence-corrected chi connectivity index (χ0v) is 9.61. The molecule has 0 spiro atoms. The zero-order chi connectivity index (χ0) is 13.3. The summed E-state index contributed by atoms with van der Waals surface area (Å²) in [5, 5.41) is 0. The van der Waals surface area contributed by atoms with Crippen molar-refractivity contribution in [1.29, 1.82) is 0 Å². The lowest BCUT2D eigenvalue weighted by Crippen LogP contribution is -2.20. The zero-order valence-electron chi connectivity index (χ0n) is 9.61. The molecule has 0 bridgehead atoms. The van der Waals surface area contributed by atoms with Gasteiger partial charge in [-0.2, -0.15) is 0 Å². The highest BCUT2D eigenvalue weighted by atomic mass is 19.2. The minimum absolute atomic E-state index is 0.419. The molecule has 1 nitrogen and oxygen atoms in total. The summed E-state index contributed by atoms with van der Waals surface area (Å²) >= 11 is 0. The van der Waals surface area contributed by atoms with Crippen LogP contribution in [0.25, 0.3) is 0 Å². The van der Waals surface area contributed by atoms with Crippen molar-refractivity contribution in [3.05, 3.63) is 34.9 Å². The SMILES string of the molecule is O=C(c1cc(F)c(F)c(F)c1F)C1CCCCC1. The molecule has 5 heteroatoms. The van der Waals surface area contributed by atoms with Crippen molar-refractivity contribution in [2.75, 3.05) is 0 Å². The number of hydrogen-bond acceptors (Lipinski definition) is 1. The standard InChI is InChI=1S/C13H12F4O/c14-9-6-8(10(15)12(17)11(9)16)13(18)7-4-2-1-3-5-7/h6-7H,1-5H2. The van der Waals surface area contributed by atoms with Crippen molar-refractivity contribution in [2.45, 2.75) is 32.1 Å². The summed E-state index contributed by atoms with van der Waals surface area (Å²) in [7, 11) is 0. The van der Waals surface area contributed by atoms with Crippen molar-refractivity contribution in [1.82, 2.24) is 0 Å². The van der Waals surface area contributed by atoms with Gasteiger partial charge in [-0.05, 0) is 18.9 Å². The van der Waals surface area contributed by atoms with Crippen molar-refractivity contribution in [3.8, 4) is 0 Å². The van der Waals surface area contributed by atoms with Gasteiger partial charge < -0.3 is 0 Å². The number of halogens is 4. The summed E-state index contributed by atoms with van der Waals surface area (Å²) in [5.74, 6) is -7.98. The fourth-order valence-electron chi connectivity index (χ4n) is 2.34. The quantitative estimate of drug-likeness (QED) is 0.340. The van der Waals surface area contributed by atoms with Crippen LogP contribution in [0.3, 0.4) is 0 Å². The van der Waals surface area contributed by atoms with Crippen LogP contribution in [-0.2, 0) is 0 Å². The first-order chi connectivity index (χ1) is 8.52. The molecule has 18 heavy (non-hydrogen) atoms. The second kappa shape index (κ2) is 5.08. The molecule has 0 heterocycles. The highest BCUT2D eigenvalue weighted by Crippen LogP contribution is 2.29. The third kappa shape index (κ3) is 2.26. The van der Waals surface area contributed by atoms with Crippen molar-refractivity contribution in [3.63, 3.8) is 0 Å². The average Bonchev–Trinajstić information content (AvgIpc) is 2.41. The second-order valence-corrected chi connectivity index (χ2v) is 4.55. The van der Waals surface area contributed by atoms with Crippen molar-refractivity contribution in [2.24, 2.45) is 5.92 Å². The Bertz CT molecular complexity index is 478. The van der Waals surface area contributed by atoms with Crippen LogP contribution < -0.4 is 0 Å². The highest BCUT2D eigenvalue weighted by molar-refractivity contribution is 5.98. The van der Waals surface area contributed by atoms with Crippen LogP contribution in [0.2, 0.25) is 0 Å². The molecule has 0 atom stereocenters. The Morgan fingerprint density at radius 1 is 0.944 bits per heavy atom. The van der Waals surface area contributed by atoms with Crippen molar-refractivity contribution >= 4 is 5.78 Å². The number of rotatable bonds is 2. The van der Waals surface area contributed by atoms with Gasteiger partial charge in [0.2, 0.25) is 0 Å². The lowest BCUT2D eigenvalue weighted by Gasteiger charge is -2.20. The molecule has 0 unspecified atom stereocenters. The Morgan fingerprint density at radius 2 is 1.56 bits per heavy atom. The number of Topliss-reactive ketones (excluding diaryl/α,β-unsaturated/α-hetero) is 1. The fraction of sp³-hybridized carbons (Fsp3) is 0.462. The first-order valence-corrected chi connectivity index (χ1v) is 5.89. The topological polar surface area (TPSA) is 17.1 Å². The van der Waals surface area contributed by atoms with Gasteiger partial charge >= 0.3 is 0 Å². The highest BCUT2D eigenvalue weighted by Gasteiger charge is 2.28. The molecule has 0 saturated heterocycles. The van der Waals surface area contributed by atoms with Crippen LogP contribution in [0.4, 0.5) is 17.6 Å². The van der Waals surface area contributed by atoms with E-state index in [1.807, 2.05) is 0 Å². The minimum Gasteiger partial charge on any atom is -0.294 e. The molecular formula is C13H12F4O. The van der Waals surface area contributed by atoms with E-state index >= 15 is 0 Å². The van der Waals surface area contributed by atoms with Crippen LogP contribution >= 0.6 is 0 Å². The van der Waals surface area contributed by atoms with Gasteiger partial charge in [0.05, 0.1) is 5.56 Å². The van der Waals surface area contributed by atoms with Crippen molar-refractivity contribution < 1.29 is 22.4 Å². The molecule has 0 radical (unpaired) electrons. The van der Waals surface area contributed by atoms with E-state index in [1.165, 1.54) is 0 Å². The van der Waals surface area contributed by atoms with E-state index in [-0.39, 0.29) is 0 Å². The smallest absolute Gasteiger partial charge is 0.198 e. The summed E-state index contributed by atoms with van der Waals surface area (Å²) in [6.07, 6.45) is 3.84. The van der Waals surface area contributed by atoms with E-state index in [1.54, 1.807) is 0 Å². The molecule has 0 aliphatic heterocycles. The van der Waals surface area contributed by atoms with E-state index in [2.05, 4.69) is 0 Å². The van der Waals surface area contributed by atoms with Crippen LogP contribution in [0.5, 0.6) is 0 Å². The monoisotopic (exact) mass is 260 g/mol. The van der Waals surface area contributed by atoms with Crippen LogP contribution in [0.15, 0.2) is 6.07 Å². The van der Waals surface area contributed by atoms with E-state index in [9.17, 15) is 22.4 Å². The summed E-state index contributed by atoms with van der Waals surface area (Å²) in [6.45, 7) is 0. The Balaban J connectivity index is 2.35. The average molecular weight is 260 g/mol. The Hall–Kier alpha value is -1.39. The van der Waals surface area contributed by atoms with Gasteiger partial charge in [-0.3, -0.25) is 4.79 Å². The van der Waals surface area contributed by atoms with Crippen LogP contribution in [-0.4, -0.2) is 5.78 Å². The van der Waals surface area contributed by atoms with Gasteiger partial charge in [0, 0.05) is 5.92 Å². The normalized spacial score (nSPS) is 16.9. The van der Waals surface area contributed by atoms with Gasteiger partial charge in [0.25, 0.3) is 0 Å². The van der Waals surface area contributed by atoms with Crippen LogP contribution in [0, 0.1) is 29.2 Å². The Morgan fingerprint density at radius 3 is 2.17 bits per heavy atom. The first-order valence-electron chi connectivity index (χ1n) is 5.89. The molecule has 1 saturated carbocycles. The molecule has 0 N–H and O–H groups in total. The molecule has 1 aliphatic carbocycles. The Labute approximate surface area is 102 Å². The third-order valence-electron chi connectivity index (χ3n) is 3.34. The van der Waals surface area contributed by atoms with Gasteiger partial charge in [-0.25, -0.2) is 17.6 Å². The van der Waals surface area contributed by atoms with Gasteiger partial charge in [0.15, 0.2) is 29.1 Å². The number of hydrogen-bond donors (Lipinski definition) is 0. The van der Waals surface area contributed by atoms with E-state index in [4.69, 9.17) is 0 Å². The lowest BCUT2D eigenvalue weighted by atomic mass is 9.83. The number of ketones is 1. The van der Waals surface area contributed by atoms with Gasteiger partial charge in [-0.1, -0.05) is 19.3 Å². The summed E-state index contributed by atoms with van der Waals surface area (Å²) in [5.41, 5.74) is -0.682. The third-order valence-corrected chi connectivity index (χ3v) is 3.34. The van der Waals surface area contributed by atoms with E-state index < -0.39 is 40.5 Å². The summed E-state index contributed by atoms with van der Waals surface area (Å²) < 4.78 is 52.3. The second-order valence-electron chi connectivity index (χ2n) is 4.55. The summed E-state index contributed by atoms with van der Waals surface area (Å²) in [4.78, 5) is 11.9. The predicted molar refractivity (Wildman–Crippen MR) is 57.2 cm³/mol. The van der Waals surface area contributed by atoms with E-state index in [0.717, 1.165) is 19.3 Å². The molecule has 0 amide bonds. The summed E-state index contributed by atoms with van der Waals surface area (Å²) in [6, 6.07) is 0.449. The Kier molecular flexibility index (Phi) is 3.68. The number of carbonyl (C=O) groups is 1. The first kappa shape index (κ1) is 13.1. The molecule has 1 fully saturated rings. The fourth-order valence-corrected chi connectivity index (χ4v) is 2.34. The molecule has 0 aromatic heterocycles. The lowest BCUT2D eigenvalue weighted by molar-refractivity contribution is 0.0883. The molecule has 1 aliphatic rings. The molecule has 1 aromatic carbocycles. The molecule has 2 rings (SSSR count). The van der Waals surface area contributed by atoms with E-state index in [0.29, 0.717) is 18.9 Å². The minimum atomic E-state index is -1.92. The van der Waals surface area contributed by atoms with Gasteiger partial charge in [-0.15, -0.1) is 0 Å². The maximum atomic E-state index is 13.4. The maximum absolute atomic E-state index is 13.4. The maximum Gasteiger partial charge on any atom is 0.198 e. The molecular weight excluding hydrogens is 248 g/mol. The largest absolute Gasteiger partial charge is 0.294 e. The number of carbonyl (C=O) groups excluding carboxylic acids is 1. The number of benzene rings is 1. The van der Waals surface area contributed by atoms with Gasteiger partial charge in [0.1, 0.15) is 0 Å². The predicted octanol–water partition coefficient (Wildman–Crippen LogP) is 4.01. The molecule has 1 aromatic rings.